The van der Waals surface area contributed by atoms with Crippen molar-refractivity contribution in [3.8, 4) is 0 Å². The molecular weight excluding hydrogens is 148 g/mol. The first-order valence-electron chi connectivity index (χ1n) is 2.92. The normalized spacial score (nSPS) is 9.18. The number of carbonyl (C=O) groups excluding carboxylic acids is 2. The van der Waals surface area contributed by atoms with Crippen molar-refractivity contribution in [3.05, 3.63) is 18.0 Å². The molecule has 1 aromatic heterocycles. The summed E-state index contributed by atoms with van der Waals surface area (Å²) < 4.78 is 4.23. The summed E-state index contributed by atoms with van der Waals surface area (Å²) in [4.78, 5) is 21.1. The topological polar surface area (TPSA) is 72.1 Å². The highest BCUT2D eigenvalue weighted by Crippen LogP contribution is 1.94. The molecule has 1 N–H and O–H groups in total. The lowest BCUT2D eigenvalue weighted by atomic mass is 10.4. The Labute approximate surface area is 62.4 Å². The fraction of sp³-hybridized carbons (Fsp3) is 0.167. The third-order valence-corrected chi connectivity index (χ3v) is 0.946. The first kappa shape index (κ1) is 7.46. The highest BCUT2D eigenvalue weighted by atomic mass is 16.6. The Morgan fingerprint density at radius 2 is 2.36 bits per heavy atom. The summed E-state index contributed by atoms with van der Waals surface area (Å²) in [6, 6.07) is 1.42. The van der Waals surface area contributed by atoms with E-state index in [1.54, 1.807) is 0 Å². The smallest absolute Gasteiger partial charge is 0.366 e. The molecule has 11 heavy (non-hydrogen) atoms. The lowest BCUT2D eigenvalue weighted by Gasteiger charge is -1.93. The van der Waals surface area contributed by atoms with Gasteiger partial charge in [-0.3, -0.25) is 9.89 Å². The Kier molecular flexibility index (Phi) is 2.00. The van der Waals surface area contributed by atoms with E-state index < -0.39 is 11.9 Å². The van der Waals surface area contributed by atoms with Crippen molar-refractivity contribution < 1.29 is 14.3 Å². The molecule has 0 aliphatic heterocycles. The molecular formula is C6H6N2O3. The maximum absolute atomic E-state index is 10.8. The van der Waals surface area contributed by atoms with E-state index in [1.165, 1.54) is 12.3 Å². The molecule has 0 saturated carbocycles. The maximum Gasteiger partial charge on any atom is 0.366 e. The molecule has 0 radical (unpaired) electrons. The van der Waals surface area contributed by atoms with E-state index in [0.717, 1.165) is 6.92 Å². The number of nitrogens with one attached hydrogen (secondary N) is 1. The van der Waals surface area contributed by atoms with Crippen LogP contribution in [0.4, 0.5) is 0 Å². The Morgan fingerprint density at radius 1 is 1.64 bits per heavy atom. The average molecular weight is 154 g/mol. The molecule has 0 aromatic carbocycles. The number of hydrogen-bond acceptors (Lipinski definition) is 4. The minimum Gasteiger partial charge on any atom is -0.388 e. The van der Waals surface area contributed by atoms with Gasteiger partial charge in [-0.25, -0.2) is 4.79 Å². The molecule has 0 saturated heterocycles. The zero-order valence-corrected chi connectivity index (χ0v) is 5.83. The van der Waals surface area contributed by atoms with Gasteiger partial charge in [0, 0.05) is 13.1 Å². The number of aromatic nitrogens is 2. The van der Waals surface area contributed by atoms with Crippen molar-refractivity contribution in [3.63, 3.8) is 0 Å². The van der Waals surface area contributed by atoms with Crippen molar-refractivity contribution in [2.24, 2.45) is 0 Å². The van der Waals surface area contributed by atoms with Crippen LogP contribution in [0.2, 0.25) is 0 Å². The van der Waals surface area contributed by atoms with Crippen LogP contribution in [0.15, 0.2) is 12.3 Å². The van der Waals surface area contributed by atoms with Crippen LogP contribution in [0.1, 0.15) is 17.4 Å². The number of nitrogens with zero attached hydrogens (tertiary/aromatic N) is 1. The lowest BCUT2D eigenvalue weighted by Crippen LogP contribution is -2.09. The van der Waals surface area contributed by atoms with Crippen molar-refractivity contribution in [2.75, 3.05) is 0 Å². The molecule has 5 heteroatoms. The zero-order chi connectivity index (χ0) is 8.27. The summed E-state index contributed by atoms with van der Waals surface area (Å²) in [5.41, 5.74) is 0.0974. The van der Waals surface area contributed by atoms with Crippen LogP contribution in [-0.4, -0.2) is 22.1 Å². The van der Waals surface area contributed by atoms with Crippen LogP contribution in [0.5, 0.6) is 0 Å². The fourth-order valence-corrected chi connectivity index (χ4v) is 0.557. The summed E-state index contributed by atoms with van der Waals surface area (Å²) in [6.07, 6.45) is 1.47. The van der Waals surface area contributed by atoms with Crippen molar-refractivity contribution in [1.82, 2.24) is 10.2 Å². The van der Waals surface area contributed by atoms with Gasteiger partial charge in [0.25, 0.3) is 0 Å². The van der Waals surface area contributed by atoms with Crippen LogP contribution in [-0.2, 0) is 9.53 Å². The van der Waals surface area contributed by atoms with E-state index in [0.29, 0.717) is 0 Å². The van der Waals surface area contributed by atoms with Crippen LogP contribution < -0.4 is 0 Å². The van der Waals surface area contributed by atoms with Gasteiger partial charge in [0.15, 0.2) is 5.69 Å². The van der Waals surface area contributed by atoms with Crippen LogP contribution in [0.25, 0.3) is 0 Å². The van der Waals surface area contributed by atoms with E-state index in [9.17, 15) is 9.59 Å². The minimum absolute atomic E-state index is 0.0974. The Hall–Kier alpha value is -1.65. The van der Waals surface area contributed by atoms with Crippen LogP contribution >= 0.6 is 0 Å². The van der Waals surface area contributed by atoms with E-state index >= 15 is 0 Å². The first-order chi connectivity index (χ1) is 5.20. The Bertz CT molecular complexity index is 265. The summed E-state index contributed by atoms with van der Waals surface area (Å²) >= 11 is 0. The Balaban J connectivity index is 2.64. The van der Waals surface area contributed by atoms with Gasteiger partial charge in [-0.1, -0.05) is 0 Å². The number of aromatic amines is 1. The summed E-state index contributed by atoms with van der Waals surface area (Å²) in [5.74, 6) is -1.38. The van der Waals surface area contributed by atoms with Gasteiger partial charge in [0.1, 0.15) is 0 Å². The molecule has 1 rings (SSSR count). The van der Waals surface area contributed by atoms with E-state index in [1.807, 2.05) is 0 Å². The second-order valence-electron chi connectivity index (χ2n) is 1.84. The van der Waals surface area contributed by atoms with E-state index in [2.05, 4.69) is 14.9 Å². The van der Waals surface area contributed by atoms with Gasteiger partial charge < -0.3 is 4.74 Å². The van der Waals surface area contributed by atoms with Crippen LogP contribution in [0, 0.1) is 0 Å². The van der Waals surface area contributed by atoms with E-state index in [4.69, 9.17) is 0 Å². The second-order valence-corrected chi connectivity index (χ2v) is 1.84. The third kappa shape index (κ3) is 1.89. The Morgan fingerprint density at radius 3 is 2.82 bits per heavy atom. The molecule has 0 amide bonds. The fourth-order valence-electron chi connectivity index (χ4n) is 0.557. The summed E-state index contributed by atoms with van der Waals surface area (Å²) in [6.45, 7) is 1.16. The minimum atomic E-state index is -0.737. The van der Waals surface area contributed by atoms with Gasteiger partial charge >= 0.3 is 11.9 Å². The zero-order valence-electron chi connectivity index (χ0n) is 5.83. The van der Waals surface area contributed by atoms with E-state index in [-0.39, 0.29) is 5.69 Å². The van der Waals surface area contributed by atoms with Gasteiger partial charge in [-0.05, 0) is 6.07 Å². The monoisotopic (exact) mass is 154 g/mol. The largest absolute Gasteiger partial charge is 0.388 e. The third-order valence-electron chi connectivity index (χ3n) is 0.946. The molecule has 1 aromatic rings. The number of esters is 2. The number of hydrogen-bond donors (Lipinski definition) is 1. The quantitative estimate of drug-likeness (QED) is 0.460. The van der Waals surface area contributed by atoms with Gasteiger partial charge in [-0.2, -0.15) is 5.10 Å². The van der Waals surface area contributed by atoms with Gasteiger partial charge in [-0.15, -0.1) is 0 Å². The lowest BCUT2D eigenvalue weighted by molar-refractivity contribution is -0.135. The summed E-state index contributed by atoms with van der Waals surface area (Å²) in [5, 5.41) is 5.94. The molecule has 1 heterocycles. The molecule has 0 bridgehead atoms. The van der Waals surface area contributed by atoms with Crippen molar-refractivity contribution in [2.45, 2.75) is 6.92 Å². The number of H-pyrrole nitrogens is 1. The van der Waals surface area contributed by atoms with Crippen LogP contribution in [0.3, 0.4) is 0 Å². The van der Waals surface area contributed by atoms with Crippen molar-refractivity contribution in [1.29, 1.82) is 0 Å². The van der Waals surface area contributed by atoms with Gasteiger partial charge in [0.2, 0.25) is 0 Å². The molecule has 0 spiro atoms. The predicted octanol–water partition coefficient (Wildman–Crippen LogP) is 0.113. The molecule has 0 aliphatic carbocycles. The summed E-state index contributed by atoms with van der Waals surface area (Å²) in [7, 11) is 0. The molecule has 0 unspecified atom stereocenters. The van der Waals surface area contributed by atoms with Gasteiger partial charge in [0.05, 0.1) is 0 Å². The average Bonchev–Trinajstić information content (AvgIpc) is 2.35. The number of ether oxygens (including phenoxy) is 1. The molecule has 0 atom stereocenters. The maximum atomic E-state index is 10.8. The van der Waals surface area contributed by atoms with Crippen molar-refractivity contribution >= 4 is 11.9 Å². The second kappa shape index (κ2) is 2.96. The first-order valence-corrected chi connectivity index (χ1v) is 2.92. The number of rotatable bonds is 1. The highest BCUT2D eigenvalue weighted by Gasteiger charge is 2.10. The molecule has 0 aliphatic rings. The number of carbonyl (C=O) groups is 2. The molecule has 58 valence electrons. The molecule has 5 nitrogen and oxygen atoms in total. The predicted molar refractivity (Wildman–Crippen MR) is 34.7 cm³/mol. The highest BCUT2D eigenvalue weighted by molar-refractivity contribution is 5.94. The SMILES string of the molecule is CC(=O)OC(=O)c1cc[nH]n1. The molecule has 0 fully saturated rings. The standard InChI is InChI=1S/C6H6N2O3/c1-4(9)11-6(10)5-2-3-7-8-5/h2-3H,1H3,(H,7,8).